The van der Waals surface area contributed by atoms with Gasteiger partial charge in [-0.3, -0.25) is 0 Å². The van der Waals surface area contributed by atoms with E-state index in [4.69, 9.17) is 4.74 Å². The van der Waals surface area contributed by atoms with Gasteiger partial charge in [-0.15, -0.1) is 0 Å². The van der Waals surface area contributed by atoms with Crippen molar-refractivity contribution in [2.24, 2.45) is 5.41 Å². The monoisotopic (exact) mass is 228 g/mol. The van der Waals surface area contributed by atoms with Crippen LogP contribution in [-0.2, 0) is 11.3 Å². The van der Waals surface area contributed by atoms with E-state index < -0.39 is 0 Å². The van der Waals surface area contributed by atoms with Crippen LogP contribution in [0.3, 0.4) is 0 Å². The van der Waals surface area contributed by atoms with Crippen molar-refractivity contribution in [3.05, 3.63) is 35.6 Å². The molecule has 0 spiro atoms. The zero-order valence-corrected chi connectivity index (χ0v) is 10.1. The molecule has 1 rings (SSSR count). The van der Waals surface area contributed by atoms with Crippen LogP contribution in [0.15, 0.2) is 24.3 Å². The normalized spacial score (nSPS) is 11.7. The van der Waals surface area contributed by atoms with Crippen LogP contribution in [0.25, 0.3) is 0 Å². The smallest absolute Gasteiger partial charge is 0.128 e. The van der Waals surface area contributed by atoms with Gasteiger partial charge in [-0.05, 0) is 17.2 Å². The fourth-order valence-electron chi connectivity index (χ4n) is 1.10. The zero-order chi connectivity index (χ0) is 11.3. The van der Waals surface area contributed by atoms with Crippen LogP contribution in [0.5, 0.6) is 0 Å². The average molecular weight is 228 g/mol. The van der Waals surface area contributed by atoms with Crippen molar-refractivity contribution < 1.29 is 9.13 Å². The third kappa shape index (κ3) is 4.22. The number of ether oxygens (including phenoxy) is 1. The second kappa shape index (κ2) is 5.52. The van der Waals surface area contributed by atoms with Gasteiger partial charge in [0.1, 0.15) is 5.82 Å². The quantitative estimate of drug-likeness (QED) is 0.761. The van der Waals surface area contributed by atoms with Gasteiger partial charge in [0.15, 0.2) is 0 Å². The SMILES string of the molecule is CC(C)(CS)COCc1ccccc1F. The maximum Gasteiger partial charge on any atom is 0.128 e. The molecule has 0 aliphatic heterocycles. The first-order chi connectivity index (χ1) is 7.05. The molecule has 1 aromatic carbocycles. The van der Waals surface area contributed by atoms with Crippen LogP contribution in [0, 0.1) is 11.2 Å². The summed E-state index contributed by atoms with van der Waals surface area (Å²) in [5.74, 6) is 0.547. The number of hydrogen-bond acceptors (Lipinski definition) is 2. The molecule has 0 N–H and O–H groups in total. The van der Waals surface area contributed by atoms with E-state index in [1.54, 1.807) is 12.1 Å². The number of hydrogen-bond donors (Lipinski definition) is 1. The summed E-state index contributed by atoms with van der Waals surface area (Å²) in [6, 6.07) is 6.67. The molecule has 0 aliphatic carbocycles. The third-order valence-electron chi connectivity index (χ3n) is 2.14. The van der Waals surface area contributed by atoms with Crippen molar-refractivity contribution in [3.8, 4) is 0 Å². The summed E-state index contributed by atoms with van der Waals surface area (Å²) in [7, 11) is 0. The Morgan fingerprint density at radius 2 is 2.00 bits per heavy atom. The Bertz CT molecular complexity index is 312. The summed E-state index contributed by atoms with van der Waals surface area (Å²) < 4.78 is 18.7. The van der Waals surface area contributed by atoms with Gasteiger partial charge in [0, 0.05) is 5.56 Å². The number of rotatable bonds is 5. The largest absolute Gasteiger partial charge is 0.376 e. The molecule has 0 saturated heterocycles. The van der Waals surface area contributed by atoms with Gasteiger partial charge in [0.25, 0.3) is 0 Å². The summed E-state index contributed by atoms with van der Waals surface area (Å²) in [6.07, 6.45) is 0. The van der Waals surface area contributed by atoms with Gasteiger partial charge in [-0.25, -0.2) is 4.39 Å². The van der Waals surface area contributed by atoms with Crippen LogP contribution in [-0.4, -0.2) is 12.4 Å². The molecule has 0 aliphatic rings. The van der Waals surface area contributed by atoms with E-state index in [2.05, 4.69) is 26.5 Å². The molecule has 0 heterocycles. The minimum Gasteiger partial charge on any atom is -0.376 e. The van der Waals surface area contributed by atoms with Crippen LogP contribution in [0.4, 0.5) is 4.39 Å². The fourth-order valence-corrected chi connectivity index (χ4v) is 1.19. The molecule has 84 valence electrons. The maximum atomic E-state index is 13.2. The minimum atomic E-state index is -0.207. The molecule has 0 fully saturated rings. The third-order valence-corrected chi connectivity index (χ3v) is 2.99. The van der Waals surface area contributed by atoms with Gasteiger partial charge in [-0.2, -0.15) is 12.6 Å². The van der Waals surface area contributed by atoms with Gasteiger partial charge in [-0.1, -0.05) is 32.0 Å². The second-order valence-electron chi connectivity index (χ2n) is 4.41. The Morgan fingerprint density at radius 3 is 2.60 bits per heavy atom. The first kappa shape index (κ1) is 12.5. The fraction of sp³-hybridized carbons (Fsp3) is 0.500. The molecule has 0 amide bonds. The molecular weight excluding hydrogens is 211 g/mol. The molecule has 0 unspecified atom stereocenters. The van der Waals surface area contributed by atoms with E-state index in [1.165, 1.54) is 6.07 Å². The lowest BCUT2D eigenvalue weighted by atomic mass is 9.98. The molecule has 1 nitrogen and oxygen atoms in total. The molecule has 3 heteroatoms. The first-order valence-electron chi connectivity index (χ1n) is 4.97. The van der Waals surface area contributed by atoms with Gasteiger partial charge >= 0.3 is 0 Å². The minimum absolute atomic E-state index is 0.0361. The Hall–Kier alpha value is -0.540. The van der Waals surface area contributed by atoms with Crippen LogP contribution >= 0.6 is 12.6 Å². The summed E-state index contributed by atoms with van der Waals surface area (Å²) in [5.41, 5.74) is 0.640. The molecule has 0 atom stereocenters. The topological polar surface area (TPSA) is 9.23 Å². The number of halogens is 1. The van der Waals surface area contributed by atoms with Crippen molar-refractivity contribution in [2.45, 2.75) is 20.5 Å². The van der Waals surface area contributed by atoms with Crippen LogP contribution < -0.4 is 0 Å². The second-order valence-corrected chi connectivity index (χ2v) is 4.72. The Balaban J connectivity index is 2.42. The van der Waals surface area contributed by atoms with E-state index in [1.807, 2.05) is 6.07 Å². The summed E-state index contributed by atoms with van der Waals surface area (Å²) >= 11 is 4.23. The van der Waals surface area contributed by atoms with Crippen LogP contribution in [0.2, 0.25) is 0 Å². The summed E-state index contributed by atoms with van der Waals surface area (Å²) in [4.78, 5) is 0. The Labute approximate surface area is 96.1 Å². The van der Waals surface area contributed by atoms with Crippen LogP contribution in [0.1, 0.15) is 19.4 Å². The molecule has 0 saturated carbocycles. The van der Waals surface area contributed by atoms with Crippen molar-refractivity contribution in [2.75, 3.05) is 12.4 Å². The highest BCUT2D eigenvalue weighted by Crippen LogP contribution is 2.18. The van der Waals surface area contributed by atoms with Gasteiger partial charge in [0.2, 0.25) is 0 Å². The van der Waals surface area contributed by atoms with Crippen molar-refractivity contribution in [1.82, 2.24) is 0 Å². The summed E-state index contributed by atoms with van der Waals surface area (Å²) in [6.45, 7) is 5.05. The maximum absolute atomic E-state index is 13.2. The predicted molar refractivity (Wildman–Crippen MR) is 63.7 cm³/mol. The van der Waals surface area contributed by atoms with E-state index in [0.717, 1.165) is 5.75 Å². The highest BCUT2D eigenvalue weighted by atomic mass is 32.1. The van der Waals surface area contributed by atoms with Crippen molar-refractivity contribution in [3.63, 3.8) is 0 Å². The van der Waals surface area contributed by atoms with Gasteiger partial charge < -0.3 is 4.74 Å². The van der Waals surface area contributed by atoms with E-state index in [0.29, 0.717) is 18.8 Å². The highest BCUT2D eigenvalue weighted by molar-refractivity contribution is 7.80. The average Bonchev–Trinajstić information content (AvgIpc) is 2.21. The standard InChI is InChI=1S/C12H17FOS/c1-12(2,9-15)8-14-7-10-5-3-4-6-11(10)13/h3-6,15H,7-9H2,1-2H3. The highest BCUT2D eigenvalue weighted by Gasteiger charge is 2.15. The molecule has 0 radical (unpaired) electrons. The van der Waals surface area contributed by atoms with Gasteiger partial charge in [0.05, 0.1) is 13.2 Å². The van der Waals surface area contributed by atoms with Crippen molar-refractivity contribution in [1.29, 1.82) is 0 Å². The molecule has 0 bridgehead atoms. The molecule has 15 heavy (non-hydrogen) atoms. The molecule has 1 aromatic rings. The lowest BCUT2D eigenvalue weighted by Crippen LogP contribution is -2.21. The van der Waals surface area contributed by atoms with E-state index in [-0.39, 0.29) is 11.2 Å². The van der Waals surface area contributed by atoms with E-state index >= 15 is 0 Å². The number of benzene rings is 1. The molecule has 0 aromatic heterocycles. The first-order valence-corrected chi connectivity index (χ1v) is 5.60. The number of thiol groups is 1. The lowest BCUT2D eigenvalue weighted by Gasteiger charge is -2.21. The molecular formula is C12H17FOS. The Morgan fingerprint density at radius 1 is 1.33 bits per heavy atom. The Kier molecular flexibility index (Phi) is 4.61. The van der Waals surface area contributed by atoms with Crippen molar-refractivity contribution >= 4 is 12.6 Å². The predicted octanol–water partition coefficient (Wildman–Crippen LogP) is 3.30. The summed E-state index contributed by atoms with van der Waals surface area (Å²) in [5, 5.41) is 0. The zero-order valence-electron chi connectivity index (χ0n) is 9.16. The van der Waals surface area contributed by atoms with E-state index in [9.17, 15) is 4.39 Å². The lowest BCUT2D eigenvalue weighted by molar-refractivity contribution is 0.0605.